The number of hydrogen-bond donors (Lipinski definition) is 1. The lowest BCUT2D eigenvalue weighted by Gasteiger charge is -2.43. The lowest BCUT2D eigenvalue weighted by molar-refractivity contribution is -0.140. The smallest absolute Gasteiger partial charge is 0.122 e. The summed E-state index contributed by atoms with van der Waals surface area (Å²) < 4.78 is 17.3. The van der Waals surface area contributed by atoms with Crippen LogP contribution in [-0.2, 0) is 22.4 Å². The number of benzene rings is 1. The molecule has 1 atom stereocenters. The molecule has 126 valence electrons. The Morgan fingerprint density at radius 2 is 2.04 bits per heavy atom. The number of hydrogen-bond acceptors (Lipinski definition) is 4. The molecule has 0 radical (unpaired) electrons. The van der Waals surface area contributed by atoms with Gasteiger partial charge in [-0.15, -0.1) is 0 Å². The second kappa shape index (κ2) is 6.80. The molecule has 2 saturated heterocycles. The average Bonchev–Trinajstić information content (AvgIpc) is 2.61. The number of nitrogens with one attached hydrogen (secondary N) is 1. The molecule has 1 unspecified atom stereocenters. The van der Waals surface area contributed by atoms with Gasteiger partial charge in [-0.05, 0) is 55.7 Å². The van der Waals surface area contributed by atoms with Crippen molar-refractivity contribution in [2.24, 2.45) is 0 Å². The van der Waals surface area contributed by atoms with E-state index in [9.17, 15) is 0 Å². The molecule has 4 heteroatoms. The summed E-state index contributed by atoms with van der Waals surface area (Å²) in [6, 6.07) is 7.19. The van der Waals surface area contributed by atoms with Crippen molar-refractivity contribution in [1.29, 1.82) is 0 Å². The molecule has 0 aliphatic carbocycles. The molecule has 3 heterocycles. The van der Waals surface area contributed by atoms with Crippen molar-refractivity contribution in [3.05, 3.63) is 29.3 Å². The van der Waals surface area contributed by atoms with E-state index in [2.05, 4.69) is 23.5 Å². The van der Waals surface area contributed by atoms with Gasteiger partial charge in [0.1, 0.15) is 5.75 Å². The van der Waals surface area contributed by atoms with E-state index in [1.54, 1.807) is 0 Å². The Morgan fingerprint density at radius 1 is 1.13 bits per heavy atom. The van der Waals surface area contributed by atoms with Gasteiger partial charge < -0.3 is 19.5 Å². The van der Waals surface area contributed by atoms with Crippen LogP contribution in [0.25, 0.3) is 0 Å². The van der Waals surface area contributed by atoms with E-state index < -0.39 is 0 Å². The number of fused-ring (bicyclic) bond motifs is 1. The normalized spacial score (nSPS) is 26.5. The summed E-state index contributed by atoms with van der Waals surface area (Å²) in [7, 11) is 0. The van der Waals surface area contributed by atoms with E-state index in [1.165, 1.54) is 11.1 Å². The zero-order valence-electron chi connectivity index (χ0n) is 13.8. The van der Waals surface area contributed by atoms with Crippen molar-refractivity contribution >= 4 is 0 Å². The fraction of sp³-hybridized carbons (Fsp3) is 0.684. The fourth-order valence-corrected chi connectivity index (χ4v) is 4.08. The van der Waals surface area contributed by atoms with E-state index >= 15 is 0 Å². The fourth-order valence-electron chi connectivity index (χ4n) is 4.08. The van der Waals surface area contributed by atoms with Crippen LogP contribution >= 0.6 is 0 Å². The summed E-state index contributed by atoms with van der Waals surface area (Å²) >= 11 is 0. The second-order valence-electron chi connectivity index (χ2n) is 7.11. The molecule has 4 nitrogen and oxygen atoms in total. The summed E-state index contributed by atoms with van der Waals surface area (Å²) in [5, 5.41) is 3.75. The van der Waals surface area contributed by atoms with Gasteiger partial charge in [0.15, 0.2) is 0 Å². The number of ether oxygens (including phenoxy) is 3. The topological polar surface area (TPSA) is 39.7 Å². The van der Waals surface area contributed by atoms with Crippen LogP contribution in [0.4, 0.5) is 0 Å². The third kappa shape index (κ3) is 3.54. The van der Waals surface area contributed by atoms with Gasteiger partial charge in [0.25, 0.3) is 0 Å². The quantitative estimate of drug-likeness (QED) is 0.930. The minimum absolute atomic E-state index is 0.0673. The van der Waals surface area contributed by atoms with Crippen molar-refractivity contribution in [2.75, 3.05) is 26.4 Å². The second-order valence-corrected chi connectivity index (χ2v) is 7.11. The maximum absolute atomic E-state index is 6.13. The van der Waals surface area contributed by atoms with Crippen LogP contribution < -0.4 is 10.1 Å². The molecular formula is C19H27NO3. The first-order chi connectivity index (χ1) is 11.3. The Labute approximate surface area is 138 Å². The van der Waals surface area contributed by atoms with Gasteiger partial charge in [0.05, 0.1) is 12.2 Å². The molecule has 23 heavy (non-hydrogen) atoms. The highest BCUT2D eigenvalue weighted by molar-refractivity contribution is 5.38. The van der Waals surface area contributed by atoms with Gasteiger partial charge in [0, 0.05) is 32.4 Å². The lowest BCUT2D eigenvalue weighted by Crippen LogP contribution is -2.49. The first kappa shape index (κ1) is 15.4. The molecule has 0 bridgehead atoms. The molecule has 3 aliphatic heterocycles. The van der Waals surface area contributed by atoms with Crippen molar-refractivity contribution in [3.63, 3.8) is 0 Å². The summed E-state index contributed by atoms with van der Waals surface area (Å²) in [4.78, 5) is 0. The standard InChI is InChI=1S/C19H27NO3/c1-2-16-12-15(3-4-18(16)22-8-1)14-20-17-5-9-23-19(13-17)6-10-21-11-7-19/h3-4,12,17,20H,1-2,5-11,13-14H2. The minimum atomic E-state index is 0.0673. The third-order valence-corrected chi connectivity index (χ3v) is 5.46. The van der Waals surface area contributed by atoms with Crippen molar-refractivity contribution in [2.45, 2.75) is 56.7 Å². The van der Waals surface area contributed by atoms with Crippen LogP contribution in [0.15, 0.2) is 18.2 Å². The molecule has 2 fully saturated rings. The van der Waals surface area contributed by atoms with Crippen LogP contribution in [-0.4, -0.2) is 38.1 Å². The maximum atomic E-state index is 6.13. The van der Waals surface area contributed by atoms with Gasteiger partial charge in [-0.25, -0.2) is 0 Å². The Morgan fingerprint density at radius 3 is 2.96 bits per heavy atom. The summed E-state index contributed by atoms with van der Waals surface area (Å²) in [5.41, 5.74) is 2.79. The molecule has 0 aromatic heterocycles. The van der Waals surface area contributed by atoms with Crippen LogP contribution in [0.3, 0.4) is 0 Å². The zero-order chi connectivity index (χ0) is 15.5. The van der Waals surface area contributed by atoms with Gasteiger partial charge in [-0.2, -0.15) is 0 Å². The predicted octanol–water partition coefficient (Wildman–Crippen LogP) is 2.83. The average molecular weight is 317 g/mol. The van der Waals surface area contributed by atoms with Gasteiger partial charge in [-0.1, -0.05) is 12.1 Å². The molecule has 1 aromatic carbocycles. The molecule has 1 N–H and O–H groups in total. The van der Waals surface area contributed by atoms with Crippen LogP contribution in [0, 0.1) is 0 Å². The van der Waals surface area contributed by atoms with Crippen molar-refractivity contribution in [1.82, 2.24) is 5.32 Å². The Kier molecular flexibility index (Phi) is 4.56. The largest absolute Gasteiger partial charge is 0.493 e. The highest BCUT2D eigenvalue weighted by Gasteiger charge is 2.38. The maximum Gasteiger partial charge on any atom is 0.122 e. The molecule has 3 aliphatic rings. The molecule has 1 aromatic rings. The van der Waals surface area contributed by atoms with Gasteiger partial charge in [-0.3, -0.25) is 0 Å². The van der Waals surface area contributed by atoms with Crippen molar-refractivity contribution < 1.29 is 14.2 Å². The van der Waals surface area contributed by atoms with E-state index in [-0.39, 0.29) is 5.60 Å². The lowest BCUT2D eigenvalue weighted by atomic mass is 9.84. The monoisotopic (exact) mass is 317 g/mol. The van der Waals surface area contributed by atoms with Crippen LogP contribution in [0.5, 0.6) is 5.75 Å². The highest BCUT2D eigenvalue weighted by atomic mass is 16.5. The van der Waals surface area contributed by atoms with Gasteiger partial charge in [0.2, 0.25) is 0 Å². The molecular weight excluding hydrogens is 290 g/mol. The third-order valence-electron chi connectivity index (χ3n) is 5.46. The summed E-state index contributed by atoms with van der Waals surface area (Å²) in [5.74, 6) is 1.08. The molecule has 4 rings (SSSR count). The van der Waals surface area contributed by atoms with Gasteiger partial charge >= 0.3 is 0 Å². The van der Waals surface area contributed by atoms with Crippen molar-refractivity contribution in [3.8, 4) is 5.75 Å². The summed E-state index contributed by atoms with van der Waals surface area (Å²) in [6.07, 6.45) is 6.59. The predicted molar refractivity (Wildman–Crippen MR) is 88.9 cm³/mol. The van der Waals surface area contributed by atoms with Crippen LogP contribution in [0.2, 0.25) is 0 Å². The van der Waals surface area contributed by atoms with Crippen LogP contribution in [0.1, 0.15) is 43.2 Å². The minimum Gasteiger partial charge on any atom is -0.493 e. The zero-order valence-corrected chi connectivity index (χ0v) is 13.8. The number of rotatable bonds is 3. The molecule has 0 saturated carbocycles. The molecule has 0 amide bonds. The highest BCUT2D eigenvalue weighted by Crippen LogP contribution is 2.34. The number of aryl methyl sites for hydroxylation is 1. The Hall–Kier alpha value is -1.10. The van der Waals surface area contributed by atoms with E-state index in [4.69, 9.17) is 14.2 Å². The Bertz CT molecular complexity index is 534. The van der Waals surface area contributed by atoms with E-state index in [0.717, 1.165) is 77.2 Å². The van der Waals surface area contributed by atoms with E-state index in [1.807, 2.05) is 0 Å². The Balaban J connectivity index is 1.35. The first-order valence-corrected chi connectivity index (χ1v) is 9.03. The molecule has 1 spiro atoms. The first-order valence-electron chi connectivity index (χ1n) is 9.03. The summed E-state index contributed by atoms with van der Waals surface area (Å²) in [6.45, 7) is 4.35. The SMILES string of the molecule is c1cc2c(cc1CNC1CCOC3(CCOCC3)C1)CCCO2. The van der Waals surface area contributed by atoms with E-state index in [0.29, 0.717) is 6.04 Å².